The van der Waals surface area contributed by atoms with Crippen molar-refractivity contribution in [3.8, 4) is 0 Å². The van der Waals surface area contributed by atoms with Crippen molar-refractivity contribution in [1.29, 1.82) is 0 Å². The van der Waals surface area contributed by atoms with Gasteiger partial charge in [0.1, 0.15) is 0 Å². The number of hydrogen-bond donors (Lipinski definition) is 0. The first-order valence-corrected chi connectivity index (χ1v) is 4.20. The van der Waals surface area contributed by atoms with Gasteiger partial charge in [0.05, 0.1) is 0 Å². The maximum atomic E-state index is 2.25. The van der Waals surface area contributed by atoms with Crippen molar-refractivity contribution in [2.75, 3.05) is 0 Å². The Morgan fingerprint density at radius 1 is 1.09 bits per heavy atom. The zero-order chi connectivity index (χ0) is 9.07. The molecule has 0 aromatic rings. The number of allylic oxidation sites excluding steroid dienone is 4. The Balaban J connectivity index is 4.79. The Morgan fingerprint density at radius 2 is 1.55 bits per heavy atom. The summed E-state index contributed by atoms with van der Waals surface area (Å²) in [5, 5.41) is 0. The van der Waals surface area contributed by atoms with Crippen molar-refractivity contribution >= 4 is 0 Å². The van der Waals surface area contributed by atoms with Gasteiger partial charge in [-0.15, -0.1) is 0 Å². The highest BCUT2D eigenvalue weighted by molar-refractivity contribution is 5.28. The maximum Gasteiger partial charge on any atom is -0.0133 e. The molecule has 0 aliphatic rings. The van der Waals surface area contributed by atoms with Crippen LogP contribution in [-0.2, 0) is 0 Å². The van der Waals surface area contributed by atoms with Crippen LogP contribution >= 0.6 is 0 Å². The van der Waals surface area contributed by atoms with E-state index in [-0.39, 0.29) is 5.41 Å². The van der Waals surface area contributed by atoms with Crippen LogP contribution in [0.4, 0.5) is 0 Å². The largest absolute Gasteiger partial charge is 0.0874 e. The van der Waals surface area contributed by atoms with E-state index in [0.717, 1.165) is 0 Å². The molecule has 0 heterocycles. The summed E-state index contributed by atoms with van der Waals surface area (Å²) in [6, 6.07) is 0. The molecule has 0 spiro atoms. The molecule has 0 rings (SSSR count). The third-order valence-corrected chi connectivity index (χ3v) is 1.68. The van der Waals surface area contributed by atoms with Gasteiger partial charge < -0.3 is 0 Å². The first kappa shape index (κ1) is 10.5. The highest BCUT2D eigenvalue weighted by Gasteiger charge is 2.14. The van der Waals surface area contributed by atoms with Crippen LogP contribution in [0.2, 0.25) is 0 Å². The van der Waals surface area contributed by atoms with E-state index in [0.29, 0.717) is 0 Å². The fourth-order valence-corrected chi connectivity index (χ4v) is 1.33. The second-order valence-corrected chi connectivity index (χ2v) is 4.16. The summed E-state index contributed by atoms with van der Waals surface area (Å²) in [6.45, 7) is 13.1. The van der Waals surface area contributed by atoms with Crippen LogP contribution in [0.15, 0.2) is 23.3 Å². The van der Waals surface area contributed by atoms with E-state index < -0.39 is 0 Å². The van der Waals surface area contributed by atoms with Crippen LogP contribution in [-0.4, -0.2) is 0 Å². The highest BCUT2D eigenvalue weighted by Crippen LogP contribution is 2.28. The van der Waals surface area contributed by atoms with Gasteiger partial charge in [0, 0.05) is 0 Å². The Kier molecular flexibility index (Phi) is 3.57. The van der Waals surface area contributed by atoms with E-state index in [4.69, 9.17) is 0 Å². The fraction of sp³-hybridized carbons (Fsp3) is 0.636. The van der Waals surface area contributed by atoms with Gasteiger partial charge in [-0.05, 0) is 31.8 Å². The molecular formula is C11H20. The fourth-order valence-electron chi connectivity index (χ4n) is 1.33. The first-order chi connectivity index (χ1) is 4.89. The quantitative estimate of drug-likeness (QED) is 0.499. The summed E-state index contributed by atoms with van der Waals surface area (Å²) in [4.78, 5) is 0. The lowest BCUT2D eigenvalue weighted by molar-refractivity contribution is 0.512. The molecule has 0 bridgehead atoms. The molecule has 0 amide bonds. The van der Waals surface area contributed by atoms with Crippen LogP contribution in [0.25, 0.3) is 0 Å². The summed E-state index contributed by atoms with van der Waals surface area (Å²) >= 11 is 0. The summed E-state index contributed by atoms with van der Waals surface area (Å²) in [5.41, 5.74) is 3.14. The van der Waals surface area contributed by atoms with Crippen molar-refractivity contribution in [1.82, 2.24) is 0 Å². The molecule has 64 valence electrons. The average Bonchev–Trinajstić information content (AvgIpc) is 1.79. The summed E-state index contributed by atoms with van der Waals surface area (Å²) in [6.07, 6.45) is 4.31. The third-order valence-electron chi connectivity index (χ3n) is 1.68. The molecule has 0 heteroatoms. The van der Waals surface area contributed by atoms with Crippen LogP contribution < -0.4 is 0 Å². The Morgan fingerprint density at radius 3 is 1.64 bits per heavy atom. The SMILES string of the molecule is C/C=C\C(=C(C)C)C(C)(C)C. The van der Waals surface area contributed by atoms with Crippen LogP contribution in [0.3, 0.4) is 0 Å². The molecule has 0 fully saturated rings. The number of rotatable bonds is 1. The van der Waals surface area contributed by atoms with Crippen LogP contribution in [0.5, 0.6) is 0 Å². The second kappa shape index (κ2) is 3.75. The average molecular weight is 152 g/mol. The molecule has 0 aliphatic carbocycles. The predicted octanol–water partition coefficient (Wildman–Crippen LogP) is 3.95. The lowest BCUT2D eigenvalue weighted by Gasteiger charge is -2.22. The lowest BCUT2D eigenvalue weighted by Crippen LogP contribution is -2.08. The molecule has 0 aromatic carbocycles. The van der Waals surface area contributed by atoms with Crippen molar-refractivity contribution in [3.63, 3.8) is 0 Å². The normalized spacial score (nSPS) is 12.2. The van der Waals surface area contributed by atoms with Gasteiger partial charge in [0.25, 0.3) is 0 Å². The lowest BCUT2D eigenvalue weighted by atomic mass is 9.83. The van der Waals surface area contributed by atoms with E-state index in [1.165, 1.54) is 11.1 Å². The van der Waals surface area contributed by atoms with Crippen LogP contribution in [0.1, 0.15) is 41.5 Å². The smallest absolute Gasteiger partial charge is 0.0133 e. The minimum atomic E-state index is 0.283. The van der Waals surface area contributed by atoms with E-state index in [1.807, 2.05) is 0 Å². The summed E-state index contributed by atoms with van der Waals surface area (Å²) in [5.74, 6) is 0. The molecule has 0 aromatic heterocycles. The molecule has 0 nitrogen and oxygen atoms in total. The van der Waals surface area contributed by atoms with E-state index in [1.54, 1.807) is 0 Å². The molecule has 0 radical (unpaired) electrons. The second-order valence-electron chi connectivity index (χ2n) is 4.16. The van der Waals surface area contributed by atoms with Crippen molar-refractivity contribution in [3.05, 3.63) is 23.3 Å². The molecule has 0 saturated carbocycles. The van der Waals surface area contributed by atoms with Crippen LogP contribution in [0, 0.1) is 5.41 Å². The minimum absolute atomic E-state index is 0.283. The van der Waals surface area contributed by atoms with E-state index in [9.17, 15) is 0 Å². The maximum absolute atomic E-state index is 2.25. The summed E-state index contributed by atoms with van der Waals surface area (Å²) in [7, 11) is 0. The molecule has 0 aliphatic heterocycles. The van der Waals surface area contributed by atoms with E-state index >= 15 is 0 Å². The third kappa shape index (κ3) is 3.41. The molecule has 0 saturated heterocycles. The minimum Gasteiger partial charge on any atom is -0.0874 e. The highest BCUT2D eigenvalue weighted by atomic mass is 14.2. The molecule has 0 N–H and O–H groups in total. The monoisotopic (exact) mass is 152 g/mol. The van der Waals surface area contributed by atoms with Crippen molar-refractivity contribution < 1.29 is 0 Å². The first-order valence-electron chi connectivity index (χ1n) is 4.20. The predicted molar refractivity (Wildman–Crippen MR) is 52.6 cm³/mol. The standard InChI is InChI=1S/C11H20/c1-7-8-10(9(2)3)11(4,5)6/h7-8H,1-6H3/b8-7-. The van der Waals surface area contributed by atoms with Crippen molar-refractivity contribution in [2.24, 2.45) is 5.41 Å². The topological polar surface area (TPSA) is 0 Å². The molecular weight excluding hydrogens is 132 g/mol. The van der Waals surface area contributed by atoms with Gasteiger partial charge >= 0.3 is 0 Å². The van der Waals surface area contributed by atoms with Crippen molar-refractivity contribution in [2.45, 2.75) is 41.5 Å². The summed E-state index contributed by atoms with van der Waals surface area (Å²) < 4.78 is 0. The van der Waals surface area contributed by atoms with Gasteiger partial charge in [0.2, 0.25) is 0 Å². The molecule has 0 atom stereocenters. The van der Waals surface area contributed by atoms with Gasteiger partial charge in [-0.25, -0.2) is 0 Å². The zero-order valence-corrected chi connectivity index (χ0v) is 8.65. The van der Waals surface area contributed by atoms with Gasteiger partial charge in [-0.2, -0.15) is 0 Å². The number of hydrogen-bond acceptors (Lipinski definition) is 0. The Bertz CT molecular complexity index is 171. The Labute approximate surface area is 71.0 Å². The van der Waals surface area contributed by atoms with E-state index in [2.05, 4.69) is 53.7 Å². The molecule has 0 unspecified atom stereocenters. The molecule has 11 heavy (non-hydrogen) atoms. The zero-order valence-electron chi connectivity index (χ0n) is 8.65. The van der Waals surface area contributed by atoms with Gasteiger partial charge in [-0.1, -0.05) is 38.5 Å². The Hall–Kier alpha value is -0.520. The van der Waals surface area contributed by atoms with Gasteiger partial charge in [0.15, 0.2) is 0 Å². The van der Waals surface area contributed by atoms with Gasteiger partial charge in [-0.3, -0.25) is 0 Å².